The standard InChI is InChI=1S/C22H25F2N3/c1-22(2,3)20(25)19-18(12-14-8-6-5-7-9-14)27(4)21(26-19)16-13-15(23)10-11-17(16)24/h5-11,13,20H,12,25H2,1-4H3. The Morgan fingerprint density at radius 1 is 1.07 bits per heavy atom. The first kappa shape index (κ1) is 19.2. The maximum absolute atomic E-state index is 14.4. The number of nitrogens with two attached hydrogens (primary N) is 1. The van der Waals surface area contributed by atoms with Crippen LogP contribution in [0.1, 0.15) is 43.8 Å². The summed E-state index contributed by atoms with van der Waals surface area (Å²) in [5.74, 6) is -0.625. The molecule has 0 saturated carbocycles. The second kappa shape index (κ2) is 7.24. The highest BCUT2D eigenvalue weighted by Gasteiger charge is 2.29. The van der Waals surface area contributed by atoms with Crippen LogP contribution >= 0.6 is 0 Å². The number of aromatic nitrogens is 2. The third-order valence-electron chi connectivity index (χ3n) is 4.86. The Morgan fingerprint density at radius 2 is 1.74 bits per heavy atom. The smallest absolute Gasteiger partial charge is 0.143 e. The summed E-state index contributed by atoms with van der Waals surface area (Å²) in [5.41, 5.74) is 9.15. The Labute approximate surface area is 158 Å². The largest absolute Gasteiger partial charge is 0.330 e. The first-order valence-corrected chi connectivity index (χ1v) is 8.99. The number of hydrogen-bond acceptors (Lipinski definition) is 2. The van der Waals surface area contributed by atoms with Crippen LogP contribution in [0.25, 0.3) is 11.4 Å². The number of rotatable bonds is 4. The fraction of sp³-hybridized carbons (Fsp3) is 0.318. The van der Waals surface area contributed by atoms with E-state index in [0.29, 0.717) is 17.9 Å². The van der Waals surface area contributed by atoms with E-state index >= 15 is 0 Å². The molecule has 1 atom stereocenters. The molecule has 3 rings (SSSR count). The zero-order chi connectivity index (χ0) is 19.8. The summed E-state index contributed by atoms with van der Waals surface area (Å²) in [4.78, 5) is 4.68. The van der Waals surface area contributed by atoms with Crippen LogP contribution in [-0.2, 0) is 13.5 Å². The van der Waals surface area contributed by atoms with Crippen LogP contribution in [0.5, 0.6) is 0 Å². The molecule has 0 radical (unpaired) electrons. The number of hydrogen-bond donors (Lipinski definition) is 1. The quantitative estimate of drug-likeness (QED) is 0.703. The van der Waals surface area contributed by atoms with Gasteiger partial charge in [0.1, 0.15) is 17.5 Å². The van der Waals surface area contributed by atoms with Crippen LogP contribution in [-0.4, -0.2) is 9.55 Å². The fourth-order valence-electron chi connectivity index (χ4n) is 3.12. The highest BCUT2D eigenvalue weighted by molar-refractivity contribution is 5.58. The van der Waals surface area contributed by atoms with Gasteiger partial charge in [-0.15, -0.1) is 0 Å². The van der Waals surface area contributed by atoms with E-state index in [-0.39, 0.29) is 17.0 Å². The third kappa shape index (κ3) is 3.93. The van der Waals surface area contributed by atoms with Crippen molar-refractivity contribution in [2.24, 2.45) is 18.2 Å². The second-order valence-electron chi connectivity index (χ2n) is 7.96. The Morgan fingerprint density at radius 3 is 2.37 bits per heavy atom. The lowest BCUT2D eigenvalue weighted by Crippen LogP contribution is -2.27. The maximum atomic E-state index is 14.4. The monoisotopic (exact) mass is 369 g/mol. The Bertz CT molecular complexity index is 940. The summed E-state index contributed by atoms with van der Waals surface area (Å²) in [5, 5.41) is 0. The molecule has 2 aromatic carbocycles. The number of nitrogens with zero attached hydrogens (tertiary/aromatic N) is 2. The van der Waals surface area contributed by atoms with E-state index in [1.807, 2.05) is 62.7 Å². The van der Waals surface area contributed by atoms with Gasteiger partial charge in [-0.25, -0.2) is 13.8 Å². The molecular weight excluding hydrogens is 344 g/mol. The zero-order valence-electron chi connectivity index (χ0n) is 16.1. The van der Waals surface area contributed by atoms with Gasteiger partial charge in [0.2, 0.25) is 0 Å². The van der Waals surface area contributed by atoms with E-state index in [1.165, 1.54) is 6.07 Å². The summed E-state index contributed by atoms with van der Waals surface area (Å²) in [7, 11) is 1.82. The molecule has 142 valence electrons. The minimum atomic E-state index is -0.508. The van der Waals surface area contributed by atoms with Gasteiger partial charge in [0.25, 0.3) is 0 Å². The molecule has 2 N–H and O–H groups in total. The van der Waals surface area contributed by atoms with Gasteiger partial charge in [-0.2, -0.15) is 0 Å². The normalized spacial score (nSPS) is 13.0. The lowest BCUT2D eigenvalue weighted by molar-refractivity contribution is 0.320. The summed E-state index contributed by atoms with van der Waals surface area (Å²) >= 11 is 0. The van der Waals surface area contributed by atoms with Crippen molar-refractivity contribution in [1.82, 2.24) is 9.55 Å². The van der Waals surface area contributed by atoms with Crippen LogP contribution in [0, 0.1) is 17.0 Å². The molecule has 3 aromatic rings. The molecule has 0 spiro atoms. The van der Waals surface area contributed by atoms with Crippen molar-refractivity contribution in [3.05, 3.63) is 77.1 Å². The van der Waals surface area contributed by atoms with Gasteiger partial charge < -0.3 is 10.3 Å². The molecule has 0 bridgehead atoms. The third-order valence-corrected chi connectivity index (χ3v) is 4.86. The molecule has 0 amide bonds. The molecule has 0 aliphatic carbocycles. The number of benzene rings is 2. The minimum absolute atomic E-state index is 0.138. The molecule has 0 fully saturated rings. The summed E-state index contributed by atoms with van der Waals surface area (Å²) < 4.78 is 30.0. The number of halogens is 2. The van der Waals surface area contributed by atoms with Crippen LogP contribution in [0.3, 0.4) is 0 Å². The van der Waals surface area contributed by atoms with Gasteiger partial charge in [-0.1, -0.05) is 51.1 Å². The van der Waals surface area contributed by atoms with E-state index in [0.717, 1.165) is 23.4 Å². The lowest BCUT2D eigenvalue weighted by atomic mass is 9.84. The summed E-state index contributed by atoms with van der Waals surface area (Å²) in [6.07, 6.45) is 0.611. The first-order valence-electron chi connectivity index (χ1n) is 8.99. The predicted octanol–water partition coefficient (Wildman–Crippen LogP) is 5.00. The van der Waals surface area contributed by atoms with Crippen molar-refractivity contribution in [3.63, 3.8) is 0 Å². The predicted molar refractivity (Wildman–Crippen MR) is 104 cm³/mol. The van der Waals surface area contributed by atoms with Gasteiger partial charge >= 0.3 is 0 Å². The molecule has 0 saturated heterocycles. The summed E-state index contributed by atoms with van der Waals surface area (Å²) in [6, 6.07) is 13.0. The van der Waals surface area contributed by atoms with Crippen molar-refractivity contribution < 1.29 is 8.78 Å². The SMILES string of the molecule is Cn1c(-c2cc(F)ccc2F)nc(C(N)C(C)(C)C)c1Cc1ccccc1. The maximum Gasteiger partial charge on any atom is 0.143 e. The van der Waals surface area contributed by atoms with E-state index in [4.69, 9.17) is 5.73 Å². The average molecular weight is 369 g/mol. The second-order valence-corrected chi connectivity index (χ2v) is 7.96. The van der Waals surface area contributed by atoms with E-state index in [1.54, 1.807) is 0 Å². The van der Waals surface area contributed by atoms with E-state index in [9.17, 15) is 8.78 Å². The molecule has 1 unspecified atom stereocenters. The molecule has 5 heteroatoms. The van der Waals surface area contributed by atoms with Crippen LogP contribution < -0.4 is 5.73 Å². The van der Waals surface area contributed by atoms with Crippen molar-refractivity contribution >= 4 is 0 Å². The topological polar surface area (TPSA) is 43.8 Å². The van der Waals surface area contributed by atoms with Crippen molar-refractivity contribution in [2.45, 2.75) is 33.2 Å². The first-order chi connectivity index (χ1) is 12.7. The van der Waals surface area contributed by atoms with Crippen molar-refractivity contribution in [3.8, 4) is 11.4 Å². The van der Waals surface area contributed by atoms with Gasteiger partial charge in [0.05, 0.1) is 17.3 Å². The van der Waals surface area contributed by atoms with E-state index in [2.05, 4.69) is 4.98 Å². The molecule has 27 heavy (non-hydrogen) atoms. The molecule has 1 aromatic heterocycles. The van der Waals surface area contributed by atoms with Gasteiger partial charge in [-0.3, -0.25) is 0 Å². The molecule has 0 aliphatic rings. The molecular formula is C22H25F2N3. The fourth-order valence-corrected chi connectivity index (χ4v) is 3.12. The van der Waals surface area contributed by atoms with Gasteiger partial charge in [0.15, 0.2) is 0 Å². The van der Waals surface area contributed by atoms with Crippen LogP contribution in [0.4, 0.5) is 8.78 Å². The van der Waals surface area contributed by atoms with Gasteiger partial charge in [0, 0.05) is 19.2 Å². The van der Waals surface area contributed by atoms with E-state index < -0.39 is 11.6 Å². The van der Waals surface area contributed by atoms with Gasteiger partial charge in [-0.05, 0) is 29.2 Å². The Kier molecular flexibility index (Phi) is 5.16. The Balaban J connectivity index is 2.18. The van der Waals surface area contributed by atoms with Crippen LogP contribution in [0.2, 0.25) is 0 Å². The average Bonchev–Trinajstić information content (AvgIpc) is 2.93. The lowest BCUT2D eigenvalue weighted by Gasteiger charge is -2.26. The molecule has 3 nitrogen and oxygen atoms in total. The Hall–Kier alpha value is -2.53. The van der Waals surface area contributed by atoms with Crippen molar-refractivity contribution in [1.29, 1.82) is 0 Å². The van der Waals surface area contributed by atoms with Crippen molar-refractivity contribution in [2.75, 3.05) is 0 Å². The molecule has 1 heterocycles. The highest BCUT2D eigenvalue weighted by atomic mass is 19.1. The van der Waals surface area contributed by atoms with Crippen LogP contribution in [0.15, 0.2) is 48.5 Å². The zero-order valence-corrected chi connectivity index (χ0v) is 16.1. The minimum Gasteiger partial charge on any atom is -0.330 e. The molecule has 0 aliphatic heterocycles. The number of imidazole rings is 1. The highest BCUT2D eigenvalue weighted by Crippen LogP contribution is 2.35. The summed E-state index contributed by atoms with van der Waals surface area (Å²) in [6.45, 7) is 6.13.